The van der Waals surface area contributed by atoms with E-state index in [9.17, 15) is 4.79 Å². The molecule has 4 aliphatic carbocycles. The van der Waals surface area contributed by atoms with Crippen molar-refractivity contribution in [2.75, 3.05) is 6.54 Å². The smallest absolute Gasteiger partial charge is 0.234 e. The number of carbonyl (C=O) groups excluding carboxylic acids is 1. The van der Waals surface area contributed by atoms with E-state index in [1.165, 1.54) is 32.1 Å². The number of hydrogen-bond donors (Lipinski definition) is 2. The van der Waals surface area contributed by atoms with E-state index < -0.39 is 0 Å². The molecule has 4 fully saturated rings. The number of nitrogens with one attached hydrogen (secondary N) is 2. The van der Waals surface area contributed by atoms with Crippen molar-refractivity contribution >= 4 is 5.91 Å². The van der Waals surface area contributed by atoms with Gasteiger partial charge < -0.3 is 10.6 Å². The van der Waals surface area contributed by atoms with Gasteiger partial charge in [-0.05, 0) is 55.8 Å². The summed E-state index contributed by atoms with van der Waals surface area (Å²) in [5.41, 5.74) is 0. The van der Waals surface area contributed by atoms with E-state index in [1.807, 2.05) is 0 Å². The Morgan fingerprint density at radius 3 is 2.11 bits per heavy atom. The predicted molar refractivity (Wildman–Crippen MR) is 72.1 cm³/mol. The Labute approximate surface area is 110 Å². The third kappa shape index (κ3) is 2.42. The van der Waals surface area contributed by atoms with Gasteiger partial charge in [0.05, 0.1) is 6.54 Å². The van der Waals surface area contributed by atoms with Crippen LogP contribution in [0.2, 0.25) is 0 Å². The Bertz CT molecular complexity index is 298. The highest BCUT2D eigenvalue weighted by molar-refractivity contribution is 5.78. The van der Waals surface area contributed by atoms with Crippen molar-refractivity contribution in [1.29, 1.82) is 0 Å². The van der Waals surface area contributed by atoms with Gasteiger partial charge in [0.1, 0.15) is 0 Å². The molecule has 0 saturated heterocycles. The maximum Gasteiger partial charge on any atom is 0.234 e. The molecule has 4 rings (SSSR count). The molecule has 4 saturated carbocycles. The zero-order valence-electron chi connectivity index (χ0n) is 11.6. The monoisotopic (exact) mass is 250 g/mol. The van der Waals surface area contributed by atoms with Crippen molar-refractivity contribution in [1.82, 2.24) is 10.6 Å². The van der Waals surface area contributed by atoms with Gasteiger partial charge in [-0.2, -0.15) is 0 Å². The summed E-state index contributed by atoms with van der Waals surface area (Å²) in [6, 6.07) is 0.869. The Hall–Kier alpha value is -0.570. The van der Waals surface area contributed by atoms with Crippen LogP contribution in [0.15, 0.2) is 0 Å². The average molecular weight is 250 g/mol. The zero-order chi connectivity index (χ0) is 12.7. The second kappa shape index (κ2) is 4.84. The standard InChI is InChI=1S/C15H26N2O/c1-9(2)16-8-14(18)17-15-12-4-10-3-11(6-12)7-13(15)5-10/h9-13,15-16H,3-8H2,1-2H3,(H,17,18). The molecule has 0 aromatic heterocycles. The summed E-state index contributed by atoms with van der Waals surface area (Å²) >= 11 is 0. The van der Waals surface area contributed by atoms with E-state index in [0.717, 1.165) is 23.7 Å². The molecule has 0 atom stereocenters. The van der Waals surface area contributed by atoms with E-state index >= 15 is 0 Å². The maximum absolute atomic E-state index is 12.0. The highest BCUT2D eigenvalue weighted by Crippen LogP contribution is 2.53. The van der Waals surface area contributed by atoms with E-state index in [0.29, 0.717) is 18.6 Å². The van der Waals surface area contributed by atoms with E-state index in [-0.39, 0.29) is 5.91 Å². The molecular weight excluding hydrogens is 224 g/mol. The minimum Gasteiger partial charge on any atom is -0.352 e. The van der Waals surface area contributed by atoms with Crippen LogP contribution in [0.1, 0.15) is 46.0 Å². The summed E-state index contributed by atoms with van der Waals surface area (Å²) in [7, 11) is 0. The average Bonchev–Trinajstić information content (AvgIpc) is 2.30. The number of amides is 1. The molecule has 0 aliphatic heterocycles. The minimum absolute atomic E-state index is 0.196. The lowest BCUT2D eigenvalue weighted by molar-refractivity contribution is -0.124. The van der Waals surface area contributed by atoms with Gasteiger partial charge in [0, 0.05) is 12.1 Å². The summed E-state index contributed by atoms with van der Waals surface area (Å²) in [4.78, 5) is 12.0. The zero-order valence-corrected chi connectivity index (χ0v) is 11.6. The molecule has 4 aliphatic rings. The minimum atomic E-state index is 0.196. The molecule has 2 N–H and O–H groups in total. The first kappa shape index (κ1) is 12.5. The predicted octanol–water partition coefficient (Wildman–Crippen LogP) is 1.93. The number of carbonyl (C=O) groups is 1. The van der Waals surface area contributed by atoms with E-state index in [4.69, 9.17) is 0 Å². The molecule has 0 radical (unpaired) electrons. The Morgan fingerprint density at radius 2 is 1.61 bits per heavy atom. The molecule has 3 heteroatoms. The first-order valence-corrected chi connectivity index (χ1v) is 7.64. The lowest BCUT2D eigenvalue weighted by Gasteiger charge is -2.54. The van der Waals surface area contributed by atoms with Gasteiger partial charge in [0.15, 0.2) is 0 Å². The quantitative estimate of drug-likeness (QED) is 0.800. The van der Waals surface area contributed by atoms with Gasteiger partial charge in [0.25, 0.3) is 0 Å². The Morgan fingerprint density at radius 1 is 1.06 bits per heavy atom. The molecule has 1 amide bonds. The van der Waals surface area contributed by atoms with Crippen LogP contribution in [0, 0.1) is 23.7 Å². The van der Waals surface area contributed by atoms with Gasteiger partial charge in [-0.15, -0.1) is 0 Å². The van der Waals surface area contributed by atoms with Crippen LogP contribution in [0.4, 0.5) is 0 Å². The van der Waals surface area contributed by atoms with Gasteiger partial charge in [-0.3, -0.25) is 4.79 Å². The first-order valence-electron chi connectivity index (χ1n) is 7.64. The topological polar surface area (TPSA) is 41.1 Å². The van der Waals surface area contributed by atoms with Crippen LogP contribution in [-0.2, 0) is 4.79 Å². The second-order valence-electron chi connectivity index (χ2n) is 7.06. The third-order valence-electron chi connectivity index (χ3n) is 5.23. The molecule has 0 heterocycles. The fraction of sp³-hybridized carbons (Fsp3) is 0.933. The molecule has 4 bridgehead atoms. The maximum atomic E-state index is 12.0. The normalized spacial score (nSPS) is 41.4. The fourth-order valence-corrected chi connectivity index (χ4v) is 4.69. The van der Waals surface area contributed by atoms with Crippen molar-refractivity contribution in [2.45, 2.75) is 58.0 Å². The van der Waals surface area contributed by atoms with Crippen molar-refractivity contribution in [3.05, 3.63) is 0 Å². The summed E-state index contributed by atoms with van der Waals surface area (Å²) < 4.78 is 0. The van der Waals surface area contributed by atoms with Gasteiger partial charge in [-0.1, -0.05) is 13.8 Å². The largest absolute Gasteiger partial charge is 0.352 e. The Balaban J connectivity index is 1.55. The Kier molecular flexibility index (Phi) is 3.35. The summed E-state index contributed by atoms with van der Waals surface area (Å²) in [6.07, 6.45) is 6.96. The van der Waals surface area contributed by atoms with Crippen LogP contribution in [-0.4, -0.2) is 24.5 Å². The SMILES string of the molecule is CC(C)NCC(=O)NC1C2CC3CC(C2)CC1C3. The molecule has 0 aromatic carbocycles. The molecule has 0 spiro atoms. The molecule has 18 heavy (non-hydrogen) atoms. The highest BCUT2D eigenvalue weighted by Gasteiger charge is 2.48. The molecule has 3 nitrogen and oxygen atoms in total. The van der Waals surface area contributed by atoms with Crippen LogP contribution in [0.5, 0.6) is 0 Å². The van der Waals surface area contributed by atoms with Crippen LogP contribution < -0.4 is 10.6 Å². The van der Waals surface area contributed by atoms with Crippen LogP contribution in [0.3, 0.4) is 0 Å². The first-order chi connectivity index (χ1) is 8.61. The van der Waals surface area contributed by atoms with Gasteiger partial charge in [0.2, 0.25) is 5.91 Å². The van der Waals surface area contributed by atoms with Crippen LogP contribution in [0.25, 0.3) is 0 Å². The number of hydrogen-bond acceptors (Lipinski definition) is 2. The van der Waals surface area contributed by atoms with E-state index in [2.05, 4.69) is 24.5 Å². The third-order valence-corrected chi connectivity index (χ3v) is 5.23. The van der Waals surface area contributed by atoms with Crippen molar-refractivity contribution in [3.63, 3.8) is 0 Å². The highest BCUT2D eigenvalue weighted by atomic mass is 16.2. The summed E-state index contributed by atoms with van der Waals surface area (Å²) in [6.45, 7) is 4.63. The van der Waals surface area contributed by atoms with Crippen LogP contribution >= 0.6 is 0 Å². The molecule has 0 aromatic rings. The van der Waals surface area contributed by atoms with E-state index in [1.54, 1.807) is 0 Å². The summed E-state index contributed by atoms with van der Waals surface area (Å²) in [5.74, 6) is 3.72. The summed E-state index contributed by atoms with van der Waals surface area (Å²) in [5, 5.41) is 6.52. The van der Waals surface area contributed by atoms with Gasteiger partial charge >= 0.3 is 0 Å². The lowest BCUT2D eigenvalue weighted by atomic mass is 9.54. The van der Waals surface area contributed by atoms with Crippen molar-refractivity contribution in [2.24, 2.45) is 23.7 Å². The van der Waals surface area contributed by atoms with Gasteiger partial charge in [-0.25, -0.2) is 0 Å². The van der Waals surface area contributed by atoms with Crippen molar-refractivity contribution in [3.8, 4) is 0 Å². The molecule has 102 valence electrons. The fourth-order valence-electron chi connectivity index (χ4n) is 4.69. The second-order valence-corrected chi connectivity index (χ2v) is 7.06. The lowest BCUT2D eigenvalue weighted by Crippen LogP contribution is -2.57. The van der Waals surface area contributed by atoms with Crippen molar-refractivity contribution < 1.29 is 4.79 Å². The molecular formula is C15H26N2O. The number of rotatable bonds is 4. The molecule has 0 unspecified atom stereocenters.